The Labute approximate surface area is 117 Å². The second-order valence-corrected chi connectivity index (χ2v) is 4.62. The van der Waals surface area contributed by atoms with E-state index in [0.29, 0.717) is 23.5 Å². The van der Waals surface area contributed by atoms with Gasteiger partial charge in [-0.1, -0.05) is 17.7 Å². The molecule has 0 aliphatic carbocycles. The molecule has 104 valence electrons. The van der Waals surface area contributed by atoms with Crippen LogP contribution in [0.25, 0.3) is 0 Å². The van der Waals surface area contributed by atoms with Gasteiger partial charge in [0, 0.05) is 17.9 Å². The molecule has 20 heavy (non-hydrogen) atoms. The summed E-state index contributed by atoms with van der Waals surface area (Å²) in [5, 5.41) is 0. The standard InChI is InChI=1S/C16H17FN2O/c1-3-19(13-6-4-5-12(17)10-13)16(20)14-9-11(2)7-8-15(14)18/h4-10H,3,18H2,1-2H3. The Morgan fingerprint density at radius 1 is 1.25 bits per heavy atom. The smallest absolute Gasteiger partial charge is 0.260 e. The third-order valence-electron chi connectivity index (χ3n) is 3.12. The molecule has 0 heterocycles. The predicted octanol–water partition coefficient (Wildman–Crippen LogP) is 3.38. The fourth-order valence-corrected chi connectivity index (χ4v) is 2.09. The number of nitrogens with two attached hydrogens (primary N) is 1. The molecule has 3 nitrogen and oxygen atoms in total. The van der Waals surface area contributed by atoms with Gasteiger partial charge in [-0.15, -0.1) is 0 Å². The Morgan fingerprint density at radius 3 is 2.65 bits per heavy atom. The van der Waals surface area contributed by atoms with Crippen LogP contribution in [0.4, 0.5) is 15.8 Å². The van der Waals surface area contributed by atoms with Crippen LogP contribution in [-0.2, 0) is 0 Å². The molecule has 0 aliphatic heterocycles. The van der Waals surface area contributed by atoms with Gasteiger partial charge in [0.05, 0.1) is 5.56 Å². The van der Waals surface area contributed by atoms with Gasteiger partial charge in [-0.3, -0.25) is 4.79 Å². The third-order valence-corrected chi connectivity index (χ3v) is 3.12. The minimum atomic E-state index is -0.369. The zero-order valence-electron chi connectivity index (χ0n) is 11.6. The van der Waals surface area contributed by atoms with Crippen LogP contribution in [0, 0.1) is 12.7 Å². The molecule has 1 amide bonds. The number of aryl methyl sites for hydroxylation is 1. The molecule has 0 saturated heterocycles. The van der Waals surface area contributed by atoms with Gasteiger partial charge in [-0.05, 0) is 44.2 Å². The average molecular weight is 272 g/mol. The summed E-state index contributed by atoms with van der Waals surface area (Å²) in [5.41, 5.74) is 8.22. The van der Waals surface area contributed by atoms with Crippen LogP contribution in [0.5, 0.6) is 0 Å². The fourth-order valence-electron chi connectivity index (χ4n) is 2.09. The van der Waals surface area contributed by atoms with E-state index >= 15 is 0 Å². The van der Waals surface area contributed by atoms with E-state index in [-0.39, 0.29) is 11.7 Å². The van der Waals surface area contributed by atoms with Crippen molar-refractivity contribution in [2.45, 2.75) is 13.8 Å². The number of hydrogen-bond acceptors (Lipinski definition) is 2. The van der Waals surface area contributed by atoms with Crippen LogP contribution in [0.2, 0.25) is 0 Å². The van der Waals surface area contributed by atoms with E-state index in [1.807, 2.05) is 19.9 Å². The summed E-state index contributed by atoms with van der Waals surface area (Å²) >= 11 is 0. The zero-order chi connectivity index (χ0) is 14.7. The number of hydrogen-bond donors (Lipinski definition) is 1. The van der Waals surface area contributed by atoms with E-state index < -0.39 is 0 Å². The fraction of sp³-hybridized carbons (Fsp3) is 0.188. The highest BCUT2D eigenvalue weighted by Gasteiger charge is 2.18. The number of nitrogen functional groups attached to an aromatic ring is 1. The number of rotatable bonds is 3. The summed E-state index contributed by atoms with van der Waals surface area (Å²) in [5.74, 6) is -0.592. The Morgan fingerprint density at radius 2 is 2.00 bits per heavy atom. The molecule has 0 bridgehead atoms. The van der Waals surface area contributed by atoms with Crippen LogP contribution in [0.1, 0.15) is 22.8 Å². The summed E-state index contributed by atoms with van der Waals surface area (Å²) in [7, 11) is 0. The molecule has 0 spiro atoms. The number of carbonyl (C=O) groups is 1. The molecule has 2 aromatic rings. The lowest BCUT2D eigenvalue weighted by Gasteiger charge is -2.22. The minimum Gasteiger partial charge on any atom is -0.398 e. The second kappa shape index (κ2) is 5.74. The van der Waals surface area contributed by atoms with E-state index in [0.717, 1.165) is 5.56 Å². The lowest BCUT2D eigenvalue weighted by atomic mass is 10.1. The quantitative estimate of drug-likeness (QED) is 0.871. The van der Waals surface area contributed by atoms with Crippen molar-refractivity contribution in [2.24, 2.45) is 0 Å². The molecular weight excluding hydrogens is 255 g/mol. The molecule has 2 N–H and O–H groups in total. The molecule has 0 fully saturated rings. The number of nitrogens with zero attached hydrogens (tertiary/aromatic N) is 1. The molecule has 2 rings (SSSR count). The Balaban J connectivity index is 2.41. The number of amides is 1. The summed E-state index contributed by atoms with van der Waals surface area (Å²) < 4.78 is 13.3. The molecular formula is C16H17FN2O. The highest BCUT2D eigenvalue weighted by Crippen LogP contribution is 2.21. The first-order chi connectivity index (χ1) is 9.52. The molecule has 0 aromatic heterocycles. The lowest BCUT2D eigenvalue weighted by Crippen LogP contribution is -2.31. The zero-order valence-corrected chi connectivity index (χ0v) is 11.6. The highest BCUT2D eigenvalue weighted by atomic mass is 19.1. The molecule has 0 unspecified atom stereocenters. The molecule has 0 atom stereocenters. The van der Waals surface area contributed by atoms with Crippen LogP contribution >= 0.6 is 0 Å². The van der Waals surface area contributed by atoms with Crippen molar-refractivity contribution in [3.8, 4) is 0 Å². The van der Waals surface area contributed by atoms with E-state index in [4.69, 9.17) is 5.73 Å². The number of benzene rings is 2. The normalized spacial score (nSPS) is 10.3. The molecule has 0 saturated carbocycles. The Kier molecular flexibility index (Phi) is 4.03. The van der Waals surface area contributed by atoms with Crippen LogP contribution in [0.3, 0.4) is 0 Å². The van der Waals surface area contributed by atoms with Gasteiger partial charge in [-0.25, -0.2) is 4.39 Å². The molecule has 2 aromatic carbocycles. The maximum Gasteiger partial charge on any atom is 0.260 e. The van der Waals surface area contributed by atoms with Crippen molar-refractivity contribution < 1.29 is 9.18 Å². The summed E-state index contributed by atoms with van der Waals surface area (Å²) in [6, 6.07) is 11.3. The summed E-state index contributed by atoms with van der Waals surface area (Å²) in [4.78, 5) is 14.1. The number of carbonyl (C=O) groups excluding carboxylic acids is 1. The van der Waals surface area contributed by atoms with Gasteiger partial charge in [0.1, 0.15) is 5.82 Å². The van der Waals surface area contributed by atoms with E-state index in [1.165, 1.54) is 17.0 Å². The van der Waals surface area contributed by atoms with Crippen molar-refractivity contribution in [3.63, 3.8) is 0 Å². The SMILES string of the molecule is CCN(C(=O)c1cc(C)ccc1N)c1cccc(F)c1. The van der Waals surface area contributed by atoms with Gasteiger partial charge in [0.15, 0.2) is 0 Å². The van der Waals surface area contributed by atoms with Gasteiger partial charge in [-0.2, -0.15) is 0 Å². The van der Waals surface area contributed by atoms with E-state index in [2.05, 4.69) is 0 Å². The van der Waals surface area contributed by atoms with Gasteiger partial charge in [0.2, 0.25) is 0 Å². The van der Waals surface area contributed by atoms with E-state index in [9.17, 15) is 9.18 Å². The van der Waals surface area contributed by atoms with Gasteiger partial charge < -0.3 is 10.6 Å². The van der Waals surface area contributed by atoms with Crippen LogP contribution < -0.4 is 10.6 Å². The Bertz CT molecular complexity index is 640. The van der Waals surface area contributed by atoms with Crippen molar-refractivity contribution in [3.05, 3.63) is 59.4 Å². The van der Waals surface area contributed by atoms with E-state index in [1.54, 1.807) is 24.3 Å². The molecule has 4 heteroatoms. The predicted molar refractivity (Wildman–Crippen MR) is 79.3 cm³/mol. The topological polar surface area (TPSA) is 46.3 Å². The highest BCUT2D eigenvalue weighted by molar-refractivity contribution is 6.09. The minimum absolute atomic E-state index is 0.223. The average Bonchev–Trinajstić information content (AvgIpc) is 2.42. The van der Waals surface area contributed by atoms with Crippen molar-refractivity contribution in [2.75, 3.05) is 17.2 Å². The first-order valence-electron chi connectivity index (χ1n) is 6.46. The maximum atomic E-state index is 13.3. The third kappa shape index (κ3) is 2.79. The number of anilines is 2. The summed E-state index contributed by atoms with van der Waals surface area (Å²) in [6.07, 6.45) is 0. The second-order valence-electron chi connectivity index (χ2n) is 4.62. The van der Waals surface area contributed by atoms with Crippen molar-refractivity contribution >= 4 is 17.3 Å². The molecule has 0 radical (unpaired) electrons. The first kappa shape index (κ1) is 14.1. The van der Waals surface area contributed by atoms with Gasteiger partial charge in [0.25, 0.3) is 5.91 Å². The Hall–Kier alpha value is -2.36. The van der Waals surface area contributed by atoms with Crippen LogP contribution in [0.15, 0.2) is 42.5 Å². The molecule has 0 aliphatic rings. The summed E-state index contributed by atoms with van der Waals surface area (Å²) in [6.45, 7) is 4.18. The number of halogens is 1. The first-order valence-corrected chi connectivity index (χ1v) is 6.46. The van der Waals surface area contributed by atoms with Crippen molar-refractivity contribution in [1.82, 2.24) is 0 Å². The largest absolute Gasteiger partial charge is 0.398 e. The van der Waals surface area contributed by atoms with Gasteiger partial charge >= 0.3 is 0 Å². The monoisotopic (exact) mass is 272 g/mol. The maximum absolute atomic E-state index is 13.3. The lowest BCUT2D eigenvalue weighted by molar-refractivity contribution is 0.0989. The van der Waals surface area contributed by atoms with Crippen molar-refractivity contribution in [1.29, 1.82) is 0 Å². The van der Waals surface area contributed by atoms with Crippen LogP contribution in [-0.4, -0.2) is 12.5 Å².